The minimum Gasteiger partial charge on any atom is -0.341 e. The first-order chi connectivity index (χ1) is 10.1. The van der Waals surface area contributed by atoms with E-state index in [0.29, 0.717) is 5.78 Å². The first-order valence-electron chi connectivity index (χ1n) is 6.74. The molecule has 1 heterocycles. The van der Waals surface area contributed by atoms with Gasteiger partial charge in [0.2, 0.25) is 0 Å². The molecule has 1 fully saturated rings. The Morgan fingerprint density at radius 1 is 1.05 bits per heavy atom. The average molecular weight is 293 g/mol. The zero-order valence-corrected chi connectivity index (χ0v) is 12.2. The van der Waals surface area contributed by atoms with E-state index in [1.54, 1.807) is 0 Å². The molecule has 114 valence electrons. The van der Waals surface area contributed by atoms with E-state index >= 15 is 0 Å². The zero-order chi connectivity index (χ0) is 16.3. The van der Waals surface area contributed by atoms with Crippen LogP contribution in [0.5, 0.6) is 0 Å². The van der Waals surface area contributed by atoms with Gasteiger partial charge in [0.1, 0.15) is 5.54 Å². The highest BCUT2D eigenvalue weighted by atomic mass is 16.2. The molecule has 0 radical (unpaired) electrons. The Labute approximate surface area is 123 Å². The van der Waals surface area contributed by atoms with E-state index < -0.39 is 0 Å². The second-order valence-corrected chi connectivity index (χ2v) is 4.67. The molecule has 1 aliphatic rings. The highest BCUT2D eigenvalue weighted by molar-refractivity contribution is 5.91. The normalized spacial score (nSPS) is 13.7. The highest BCUT2D eigenvalue weighted by Gasteiger charge is 2.52. The minimum absolute atomic E-state index is 0.166. The number of carbonyl (C=O) groups is 1. The molecule has 1 aliphatic carbocycles. The van der Waals surface area contributed by atoms with E-state index in [9.17, 15) is 4.79 Å². The van der Waals surface area contributed by atoms with Crippen molar-refractivity contribution >= 4 is 18.1 Å². The lowest BCUT2D eigenvalue weighted by Crippen LogP contribution is -2.32. The molecule has 0 amide bonds. The van der Waals surface area contributed by atoms with Crippen molar-refractivity contribution in [3.8, 4) is 0 Å². The molecule has 0 N–H and O–H groups in total. The molecule has 6 heteroatoms. The highest BCUT2D eigenvalue weighted by Crippen LogP contribution is 2.46. The van der Waals surface area contributed by atoms with E-state index in [-0.39, 0.29) is 23.8 Å². The summed E-state index contributed by atoms with van der Waals surface area (Å²) in [5, 5.41) is 0. The van der Waals surface area contributed by atoms with E-state index in [1.165, 1.54) is 0 Å². The summed E-state index contributed by atoms with van der Waals surface area (Å²) < 4.78 is 2.10. The molecular formula is C15H19NO5. The van der Waals surface area contributed by atoms with Crippen molar-refractivity contribution in [2.24, 2.45) is 5.92 Å². The van der Waals surface area contributed by atoms with Crippen molar-refractivity contribution < 1.29 is 24.0 Å². The number of ketones is 1. The molecule has 1 aromatic heterocycles. The Morgan fingerprint density at radius 2 is 1.43 bits per heavy atom. The predicted molar refractivity (Wildman–Crippen MR) is 70.7 cm³/mol. The lowest BCUT2D eigenvalue weighted by molar-refractivity contribution is -0.193. The molecule has 0 saturated heterocycles. The predicted octanol–water partition coefficient (Wildman–Crippen LogP) is 1.82. The molecule has 0 spiro atoms. The fourth-order valence-corrected chi connectivity index (χ4v) is 2.41. The van der Waals surface area contributed by atoms with E-state index in [2.05, 4.69) is 18.4 Å². The monoisotopic (exact) mass is 293 g/mol. The summed E-state index contributed by atoms with van der Waals surface area (Å²) in [6, 6.07) is 4.00. The number of nitrogens with zero attached hydrogens (tertiary/aromatic N) is 1. The van der Waals surface area contributed by atoms with Crippen LogP contribution in [0.15, 0.2) is 24.5 Å². The molecule has 0 bridgehead atoms. The van der Waals surface area contributed by atoms with Crippen molar-refractivity contribution in [2.45, 2.75) is 45.1 Å². The summed E-state index contributed by atoms with van der Waals surface area (Å²) in [5.41, 5.74) is -0.166. The lowest BCUT2D eigenvalue weighted by Gasteiger charge is -2.21. The maximum atomic E-state index is 12.4. The van der Waals surface area contributed by atoms with Crippen LogP contribution in [0.1, 0.15) is 39.5 Å². The van der Waals surface area contributed by atoms with Gasteiger partial charge in [0.25, 0.3) is 0 Å². The van der Waals surface area contributed by atoms with Gasteiger partial charge in [0.05, 0.1) is 0 Å². The largest absolute Gasteiger partial charge is 0.373 e. The van der Waals surface area contributed by atoms with Crippen molar-refractivity contribution in [3.63, 3.8) is 0 Å². The number of rotatable bonds is 5. The number of Topliss-reactive ketones (excluding diaryl/α,β-unsaturated/α-hetero) is 1. The van der Waals surface area contributed by atoms with Crippen LogP contribution in [0.4, 0.5) is 0 Å². The first-order valence-corrected chi connectivity index (χ1v) is 6.74. The fraction of sp³-hybridized carbons (Fsp3) is 0.533. The van der Waals surface area contributed by atoms with Crippen LogP contribution in [0, 0.1) is 5.92 Å². The molecule has 0 aromatic carbocycles. The zero-order valence-electron chi connectivity index (χ0n) is 12.2. The maximum Gasteiger partial charge on any atom is 0.373 e. The molecule has 21 heavy (non-hydrogen) atoms. The third-order valence-corrected chi connectivity index (χ3v) is 3.64. The quantitative estimate of drug-likeness (QED) is 0.825. The van der Waals surface area contributed by atoms with Crippen LogP contribution in [-0.4, -0.2) is 22.7 Å². The van der Waals surface area contributed by atoms with Crippen molar-refractivity contribution in [1.82, 2.24) is 4.57 Å². The summed E-state index contributed by atoms with van der Waals surface area (Å²) >= 11 is 0. The van der Waals surface area contributed by atoms with Crippen molar-refractivity contribution in [3.05, 3.63) is 24.5 Å². The van der Waals surface area contributed by atoms with Gasteiger partial charge < -0.3 is 4.57 Å². The van der Waals surface area contributed by atoms with Crippen LogP contribution in [0.25, 0.3) is 0 Å². The van der Waals surface area contributed by atoms with Crippen molar-refractivity contribution in [2.75, 3.05) is 0 Å². The Bertz CT molecular complexity index is 474. The SMILES string of the molecule is CCC(CC)C(=O)C1(n2cccc2)CC1.O=C=O.O=C=O. The van der Waals surface area contributed by atoms with Gasteiger partial charge in [-0.3, -0.25) is 4.79 Å². The number of carbonyl (C=O) groups excluding carboxylic acids is 5. The van der Waals surface area contributed by atoms with Gasteiger partial charge in [0.15, 0.2) is 5.78 Å². The van der Waals surface area contributed by atoms with Crippen LogP contribution >= 0.6 is 0 Å². The van der Waals surface area contributed by atoms with Gasteiger partial charge >= 0.3 is 12.3 Å². The third kappa shape index (κ3) is 4.95. The van der Waals surface area contributed by atoms with Crippen LogP contribution < -0.4 is 0 Å². The molecule has 1 aromatic rings. The van der Waals surface area contributed by atoms with Crippen LogP contribution in [-0.2, 0) is 29.5 Å². The Balaban J connectivity index is 0.000000578. The molecular weight excluding hydrogens is 274 g/mol. The Hall–Kier alpha value is -2.29. The molecule has 0 unspecified atom stereocenters. The average Bonchev–Trinajstić information content (AvgIpc) is 3.09. The Morgan fingerprint density at radius 3 is 1.71 bits per heavy atom. The number of aromatic nitrogens is 1. The minimum atomic E-state index is -0.166. The second-order valence-electron chi connectivity index (χ2n) is 4.67. The topological polar surface area (TPSA) is 90.3 Å². The number of hydrogen-bond acceptors (Lipinski definition) is 5. The maximum absolute atomic E-state index is 12.4. The molecule has 2 rings (SSSR count). The first kappa shape index (κ1) is 18.7. The van der Waals surface area contributed by atoms with Crippen molar-refractivity contribution in [1.29, 1.82) is 0 Å². The van der Waals surface area contributed by atoms with E-state index in [1.807, 2.05) is 24.5 Å². The van der Waals surface area contributed by atoms with Gasteiger partial charge in [-0.1, -0.05) is 13.8 Å². The fourth-order valence-electron chi connectivity index (χ4n) is 2.41. The second kappa shape index (κ2) is 9.59. The smallest absolute Gasteiger partial charge is 0.341 e. The summed E-state index contributed by atoms with van der Waals surface area (Å²) in [7, 11) is 0. The molecule has 1 saturated carbocycles. The molecule has 0 atom stereocenters. The summed E-state index contributed by atoms with van der Waals surface area (Å²) in [6.07, 6.45) is 8.53. The van der Waals surface area contributed by atoms with Gasteiger partial charge in [-0.2, -0.15) is 19.2 Å². The van der Waals surface area contributed by atoms with Crippen LogP contribution in [0.3, 0.4) is 0 Å². The Kier molecular flexibility index (Phi) is 8.54. The van der Waals surface area contributed by atoms with Gasteiger partial charge in [-0.25, -0.2) is 0 Å². The lowest BCUT2D eigenvalue weighted by atomic mass is 9.91. The summed E-state index contributed by atoms with van der Waals surface area (Å²) in [6.45, 7) is 4.22. The summed E-state index contributed by atoms with van der Waals surface area (Å²) in [5.74, 6) is 0.693. The van der Waals surface area contributed by atoms with Gasteiger partial charge in [-0.15, -0.1) is 0 Å². The third-order valence-electron chi connectivity index (χ3n) is 3.64. The molecule has 6 nitrogen and oxygen atoms in total. The van der Waals surface area contributed by atoms with E-state index in [4.69, 9.17) is 19.2 Å². The number of hydrogen-bond donors (Lipinski definition) is 0. The van der Waals surface area contributed by atoms with Gasteiger partial charge in [0, 0.05) is 18.3 Å². The van der Waals surface area contributed by atoms with Crippen LogP contribution in [0.2, 0.25) is 0 Å². The van der Waals surface area contributed by atoms with Gasteiger partial charge in [-0.05, 0) is 37.8 Å². The van der Waals surface area contributed by atoms with E-state index in [0.717, 1.165) is 25.7 Å². The summed E-state index contributed by atoms with van der Waals surface area (Å²) in [4.78, 5) is 44.9. The molecule has 0 aliphatic heterocycles. The standard InChI is InChI=1S/C13H19NO.2CO2/c1-3-11(4-2)12(15)13(7-8-13)14-9-5-6-10-14;2*2-1-3/h5-6,9-11H,3-4,7-8H2,1-2H3;;.